The lowest BCUT2D eigenvalue weighted by Crippen LogP contribution is -2.67. The van der Waals surface area contributed by atoms with Crippen molar-refractivity contribution in [3.05, 3.63) is 65.5 Å². The molecule has 33 heavy (non-hydrogen) atoms. The topological polar surface area (TPSA) is 70.1 Å². The number of ether oxygens (including phenoxy) is 1. The molecule has 0 aromatic heterocycles. The zero-order valence-corrected chi connectivity index (χ0v) is 19.5. The Kier molecular flexibility index (Phi) is 7.47. The molecule has 0 bridgehead atoms. The van der Waals surface area contributed by atoms with Crippen LogP contribution >= 0.6 is 0 Å². The van der Waals surface area contributed by atoms with Crippen molar-refractivity contribution in [2.45, 2.75) is 35.7 Å². The van der Waals surface area contributed by atoms with E-state index in [0.29, 0.717) is 19.6 Å². The number of fused-ring (bicyclic) bond motifs is 1. The summed E-state index contributed by atoms with van der Waals surface area (Å²) in [5.41, 5.74) is 1.91. The van der Waals surface area contributed by atoms with Gasteiger partial charge in [0.05, 0.1) is 6.61 Å². The van der Waals surface area contributed by atoms with Crippen LogP contribution < -0.4 is 0 Å². The highest BCUT2D eigenvalue weighted by Crippen LogP contribution is 2.42. The predicted molar refractivity (Wildman–Crippen MR) is 124 cm³/mol. The monoisotopic (exact) mass is 472 g/mol. The van der Waals surface area contributed by atoms with Crippen LogP contribution in [0.15, 0.2) is 53.4 Å². The molecule has 0 saturated carbocycles. The van der Waals surface area contributed by atoms with Gasteiger partial charge in [-0.15, -0.1) is 0 Å². The summed E-state index contributed by atoms with van der Waals surface area (Å²) in [5, 5.41) is 10.1. The maximum Gasteiger partial charge on any atom is 0.246 e. The Hall–Kier alpha value is -2.28. The van der Waals surface area contributed by atoms with Crippen LogP contribution in [0.25, 0.3) is 0 Å². The molecule has 1 N–H and O–H groups in total. The molecule has 8 heteroatoms. The molecule has 0 radical (unpaired) electrons. The molecule has 2 saturated heterocycles. The van der Waals surface area contributed by atoms with Crippen molar-refractivity contribution in [2.24, 2.45) is 0 Å². The fourth-order valence-corrected chi connectivity index (χ4v) is 6.48. The minimum Gasteiger partial charge on any atom is -0.395 e. The number of methoxy groups -OCH3 is 1. The predicted octanol–water partition coefficient (Wildman–Crippen LogP) is 2.44. The molecular weight excluding hydrogens is 443 g/mol. The van der Waals surface area contributed by atoms with Crippen molar-refractivity contribution in [1.29, 1.82) is 0 Å². The quantitative estimate of drug-likeness (QED) is 0.677. The molecule has 0 unspecified atom stereocenters. The van der Waals surface area contributed by atoms with Gasteiger partial charge in [-0.25, -0.2) is 12.8 Å². The van der Waals surface area contributed by atoms with Gasteiger partial charge in [-0.1, -0.05) is 36.1 Å². The second kappa shape index (κ2) is 10.3. The smallest absolute Gasteiger partial charge is 0.246 e. The van der Waals surface area contributed by atoms with Crippen LogP contribution in [0.3, 0.4) is 0 Å². The molecule has 2 heterocycles. The summed E-state index contributed by atoms with van der Waals surface area (Å²) >= 11 is 0. The van der Waals surface area contributed by atoms with E-state index in [1.54, 1.807) is 7.11 Å². The van der Waals surface area contributed by atoms with Crippen molar-refractivity contribution in [2.75, 3.05) is 40.0 Å². The summed E-state index contributed by atoms with van der Waals surface area (Å²) < 4.78 is 47.3. The van der Waals surface area contributed by atoms with Crippen molar-refractivity contribution >= 4 is 10.0 Å². The maximum atomic E-state index is 14.3. The third-order valence-corrected chi connectivity index (χ3v) is 8.43. The summed E-state index contributed by atoms with van der Waals surface area (Å²) in [6, 6.07) is 13.2. The van der Waals surface area contributed by atoms with Gasteiger partial charge in [-0.3, -0.25) is 4.90 Å². The maximum absolute atomic E-state index is 14.3. The second-order valence-electron chi connectivity index (χ2n) is 8.44. The Balaban J connectivity index is 1.60. The van der Waals surface area contributed by atoms with E-state index in [1.807, 2.05) is 24.3 Å². The standard InChI is InChI=1S/C25H29FN2O4S/c1-32-16-6-7-19-10-12-20(13-11-19)25-22-17-27(14-4-5-15-28(22)23(25)18-29)33(30,31)24-9-3-2-8-21(24)26/h2-3,8-13,22-23,25,29H,4-5,14-18H2,1H3/t22-,23+,25-/m0/s1. The summed E-state index contributed by atoms with van der Waals surface area (Å²) in [6.07, 6.45) is 1.51. The highest BCUT2D eigenvalue weighted by atomic mass is 32.2. The fraction of sp³-hybridized carbons (Fsp3) is 0.440. The van der Waals surface area contributed by atoms with Gasteiger partial charge in [0, 0.05) is 43.8 Å². The summed E-state index contributed by atoms with van der Waals surface area (Å²) in [6.45, 7) is 1.77. The summed E-state index contributed by atoms with van der Waals surface area (Å²) in [7, 11) is -2.37. The number of rotatable bonds is 5. The van der Waals surface area contributed by atoms with E-state index in [0.717, 1.165) is 24.1 Å². The number of aliphatic hydroxyl groups excluding tert-OH is 1. The zero-order chi connectivity index (χ0) is 23.4. The van der Waals surface area contributed by atoms with Crippen LogP contribution in [-0.2, 0) is 14.8 Å². The lowest BCUT2D eigenvalue weighted by molar-refractivity contribution is -0.0554. The first kappa shape index (κ1) is 23.9. The normalized spacial score (nSPS) is 24.0. The Morgan fingerprint density at radius 2 is 1.85 bits per heavy atom. The molecule has 0 spiro atoms. The zero-order valence-electron chi connectivity index (χ0n) is 18.7. The number of hydrogen-bond donors (Lipinski definition) is 1. The van der Waals surface area contributed by atoms with Gasteiger partial charge in [0.15, 0.2) is 0 Å². The van der Waals surface area contributed by atoms with Gasteiger partial charge in [-0.05, 0) is 49.2 Å². The minimum atomic E-state index is -3.97. The first-order valence-electron chi connectivity index (χ1n) is 11.2. The number of halogens is 1. The fourth-order valence-electron chi connectivity index (χ4n) is 4.92. The number of nitrogens with zero attached hydrogens (tertiary/aromatic N) is 2. The van der Waals surface area contributed by atoms with Gasteiger partial charge in [0.2, 0.25) is 10.0 Å². The van der Waals surface area contributed by atoms with Crippen molar-refractivity contribution in [3.63, 3.8) is 0 Å². The van der Waals surface area contributed by atoms with Crippen molar-refractivity contribution in [3.8, 4) is 11.8 Å². The van der Waals surface area contributed by atoms with E-state index in [-0.39, 0.29) is 36.0 Å². The van der Waals surface area contributed by atoms with Crippen LogP contribution in [0, 0.1) is 17.7 Å². The SMILES string of the molecule is COCC#Cc1ccc([C@@H]2[C@@H](CO)N3CCCCN(S(=O)(=O)c4ccccc4F)C[C@@H]23)cc1. The third-order valence-electron chi connectivity index (χ3n) is 6.53. The largest absolute Gasteiger partial charge is 0.395 e. The average Bonchev–Trinajstić information content (AvgIpc) is 2.79. The van der Waals surface area contributed by atoms with Crippen LogP contribution in [0.4, 0.5) is 4.39 Å². The third kappa shape index (κ3) is 4.84. The Morgan fingerprint density at radius 1 is 1.12 bits per heavy atom. The number of hydrogen-bond acceptors (Lipinski definition) is 5. The Labute approximate surface area is 195 Å². The van der Waals surface area contributed by atoms with Crippen molar-refractivity contribution < 1.29 is 22.7 Å². The minimum absolute atomic E-state index is 0.00335. The van der Waals surface area contributed by atoms with E-state index in [4.69, 9.17) is 4.74 Å². The van der Waals surface area contributed by atoms with Crippen LogP contribution in [0.5, 0.6) is 0 Å². The van der Waals surface area contributed by atoms with Crippen LogP contribution in [-0.4, -0.2) is 74.8 Å². The van der Waals surface area contributed by atoms with E-state index < -0.39 is 15.8 Å². The lowest BCUT2D eigenvalue weighted by Gasteiger charge is -2.57. The molecule has 2 aliphatic rings. The first-order valence-corrected chi connectivity index (χ1v) is 12.6. The number of aliphatic hydroxyl groups is 1. The Morgan fingerprint density at radius 3 is 2.55 bits per heavy atom. The average molecular weight is 473 g/mol. The highest BCUT2D eigenvalue weighted by Gasteiger charge is 2.50. The molecule has 6 nitrogen and oxygen atoms in total. The van der Waals surface area contributed by atoms with Gasteiger partial charge in [0.25, 0.3) is 0 Å². The van der Waals surface area contributed by atoms with Gasteiger partial charge < -0.3 is 9.84 Å². The molecule has 4 rings (SSSR count). The number of benzene rings is 2. The van der Waals surface area contributed by atoms with E-state index in [1.165, 1.54) is 28.6 Å². The summed E-state index contributed by atoms with van der Waals surface area (Å²) in [5.74, 6) is 5.21. The van der Waals surface area contributed by atoms with E-state index >= 15 is 0 Å². The molecule has 2 aromatic rings. The highest BCUT2D eigenvalue weighted by molar-refractivity contribution is 7.89. The van der Waals surface area contributed by atoms with Gasteiger partial charge >= 0.3 is 0 Å². The second-order valence-corrected chi connectivity index (χ2v) is 10.3. The molecule has 0 amide bonds. The Bertz CT molecular complexity index is 1130. The van der Waals surface area contributed by atoms with Crippen LogP contribution in [0.1, 0.15) is 29.9 Å². The first-order chi connectivity index (χ1) is 16.0. The molecule has 3 atom stereocenters. The van der Waals surface area contributed by atoms with Crippen molar-refractivity contribution in [1.82, 2.24) is 9.21 Å². The number of sulfonamides is 1. The molecule has 2 aliphatic heterocycles. The lowest BCUT2D eigenvalue weighted by atomic mass is 9.74. The van der Waals surface area contributed by atoms with E-state index in [9.17, 15) is 17.9 Å². The van der Waals surface area contributed by atoms with E-state index in [2.05, 4.69) is 16.7 Å². The molecule has 0 aliphatic carbocycles. The van der Waals surface area contributed by atoms with Gasteiger partial charge in [-0.2, -0.15) is 4.31 Å². The molecule has 2 fully saturated rings. The molecule has 2 aromatic carbocycles. The summed E-state index contributed by atoms with van der Waals surface area (Å²) in [4.78, 5) is 1.91. The van der Waals surface area contributed by atoms with Crippen LogP contribution in [0.2, 0.25) is 0 Å². The molecule has 176 valence electrons. The van der Waals surface area contributed by atoms with Gasteiger partial charge in [0.1, 0.15) is 17.3 Å². The molecular formula is C25H29FN2O4S.